The van der Waals surface area contributed by atoms with Crippen LogP contribution in [-0.4, -0.2) is 60.2 Å². The Balaban J connectivity index is 1.34. The van der Waals surface area contributed by atoms with E-state index in [2.05, 4.69) is 14.5 Å². The highest BCUT2D eigenvalue weighted by molar-refractivity contribution is 6.31. The van der Waals surface area contributed by atoms with Gasteiger partial charge in [0.25, 0.3) is 0 Å². The van der Waals surface area contributed by atoms with E-state index in [1.165, 1.54) is 0 Å². The topological polar surface area (TPSA) is 75.7 Å². The van der Waals surface area contributed by atoms with E-state index in [4.69, 9.17) is 0 Å². The predicted octanol–water partition coefficient (Wildman–Crippen LogP) is 4.52. The molecule has 2 aliphatic heterocycles. The Morgan fingerprint density at radius 3 is 2.70 bits per heavy atom. The van der Waals surface area contributed by atoms with Crippen LogP contribution in [-0.2, 0) is 17.9 Å². The molecular formula is C28H27FN6O2. The summed E-state index contributed by atoms with van der Waals surface area (Å²) in [6.45, 7) is 3.12. The lowest BCUT2D eigenvalue weighted by molar-refractivity contribution is -0.113. The van der Waals surface area contributed by atoms with Crippen molar-refractivity contribution in [1.82, 2.24) is 28.7 Å². The molecule has 1 aliphatic carbocycles. The molecule has 0 unspecified atom stereocenters. The monoisotopic (exact) mass is 498 g/mol. The van der Waals surface area contributed by atoms with Crippen molar-refractivity contribution >= 4 is 39.5 Å². The summed E-state index contributed by atoms with van der Waals surface area (Å²) < 4.78 is 19.0. The summed E-state index contributed by atoms with van der Waals surface area (Å²) in [6.07, 6.45) is 13.1. The van der Waals surface area contributed by atoms with E-state index < -0.39 is 0 Å². The van der Waals surface area contributed by atoms with Crippen LogP contribution in [0, 0.1) is 5.82 Å². The van der Waals surface area contributed by atoms with Gasteiger partial charge in [0.2, 0.25) is 0 Å². The minimum Gasteiger partial charge on any atom is -0.345 e. The average molecular weight is 499 g/mol. The van der Waals surface area contributed by atoms with Crippen LogP contribution >= 0.6 is 0 Å². The maximum absolute atomic E-state index is 15.0. The van der Waals surface area contributed by atoms with Gasteiger partial charge in [-0.15, -0.1) is 0 Å². The Kier molecular flexibility index (Phi) is 5.12. The Morgan fingerprint density at radius 2 is 1.84 bits per heavy atom. The number of ketones is 1. The SMILES string of the molecule is O=C1CCC(c2cn3c4c(cc(F)cc24)CN(C(=O)N2CCCCC2)CC3)=C1c1cnc2cnccn12. The molecule has 5 heterocycles. The number of hydrogen-bond acceptors (Lipinski definition) is 4. The van der Waals surface area contributed by atoms with E-state index in [1.54, 1.807) is 36.9 Å². The fourth-order valence-electron chi connectivity index (χ4n) is 6.24. The van der Waals surface area contributed by atoms with Crippen molar-refractivity contribution in [1.29, 1.82) is 0 Å². The highest BCUT2D eigenvalue weighted by Crippen LogP contribution is 2.42. The first-order chi connectivity index (χ1) is 18.1. The molecule has 0 atom stereocenters. The Hall–Kier alpha value is -4.01. The zero-order valence-electron chi connectivity index (χ0n) is 20.5. The number of amides is 2. The summed E-state index contributed by atoms with van der Waals surface area (Å²) >= 11 is 0. The van der Waals surface area contributed by atoms with E-state index in [0.29, 0.717) is 43.7 Å². The minimum atomic E-state index is -0.332. The van der Waals surface area contributed by atoms with Crippen molar-refractivity contribution in [2.75, 3.05) is 19.6 Å². The summed E-state index contributed by atoms with van der Waals surface area (Å²) in [4.78, 5) is 38.7. The number of Topliss-reactive ketones (excluding diaryl/α,β-unsaturated/α-hetero) is 1. The van der Waals surface area contributed by atoms with E-state index in [1.807, 2.05) is 20.4 Å². The van der Waals surface area contributed by atoms with Gasteiger partial charge in [0.1, 0.15) is 5.82 Å². The van der Waals surface area contributed by atoms with E-state index in [0.717, 1.165) is 65.6 Å². The number of likely N-dealkylation sites (tertiary alicyclic amines) is 1. The number of carbonyl (C=O) groups excluding carboxylic acids is 2. The molecule has 3 aliphatic rings. The molecule has 37 heavy (non-hydrogen) atoms. The van der Waals surface area contributed by atoms with Gasteiger partial charge < -0.3 is 14.4 Å². The molecule has 1 aromatic carbocycles. The first-order valence-corrected chi connectivity index (χ1v) is 13.0. The van der Waals surface area contributed by atoms with Gasteiger partial charge in [-0.3, -0.25) is 14.2 Å². The van der Waals surface area contributed by atoms with Crippen LogP contribution in [0.25, 0.3) is 27.7 Å². The molecule has 4 aromatic rings. The van der Waals surface area contributed by atoms with E-state index in [-0.39, 0.29) is 17.6 Å². The average Bonchev–Trinajstić information content (AvgIpc) is 3.57. The first kappa shape index (κ1) is 22.2. The zero-order chi connectivity index (χ0) is 25.1. The number of halogens is 1. The lowest BCUT2D eigenvalue weighted by atomic mass is 9.98. The lowest BCUT2D eigenvalue weighted by Gasteiger charge is -2.32. The van der Waals surface area contributed by atoms with Crippen LogP contribution < -0.4 is 0 Å². The molecule has 3 aromatic heterocycles. The van der Waals surface area contributed by atoms with Crippen molar-refractivity contribution in [2.45, 2.75) is 45.2 Å². The van der Waals surface area contributed by atoms with Gasteiger partial charge in [-0.05, 0) is 49.0 Å². The van der Waals surface area contributed by atoms with Gasteiger partial charge in [0.05, 0.1) is 23.6 Å². The fraction of sp³-hybridized carbons (Fsp3) is 0.357. The third-order valence-electron chi connectivity index (χ3n) is 7.97. The summed E-state index contributed by atoms with van der Waals surface area (Å²) in [5.74, 6) is -0.266. The largest absolute Gasteiger partial charge is 0.345 e. The minimum absolute atomic E-state index is 0.0385. The van der Waals surface area contributed by atoms with Gasteiger partial charge in [0.15, 0.2) is 11.4 Å². The maximum atomic E-state index is 15.0. The standard InChI is InChI=1S/C28H27FN6O2/c29-19-12-18-16-34(28(37)32-7-2-1-3-8-32)11-10-33-17-22(21(13-19)27(18)33)20-4-5-24(36)26(20)23-14-31-25-15-30-6-9-35(23)25/h6,9,12-15,17H,1-5,7-8,10-11,16H2. The number of aromatic nitrogens is 4. The molecule has 188 valence electrons. The number of imidazole rings is 1. The highest BCUT2D eigenvalue weighted by atomic mass is 19.1. The second kappa shape index (κ2) is 8.54. The number of hydrogen-bond donors (Lipinski definition) is 0. The van der Waals surface area contributed by atoms with Crippen molar-refractivity contribution in [3.8, 4) is 0 Å². The molecule has 1 fully saturated rings. The zero-order valence-corrected chi connectivity index (χ0v) is 20.5. The number of nitrogens with zero attached hydrogens (tertiary/aromatic N) is 6. The number of fused-ring (bicyclic) bond motifs is 1. The summed E-state index contributed by atoms with van der Waals surface area (Å²) in [5, 5.41) is 0.792. The van der Waals surface area contributed by atoms with Gasteiger partial charge in [0, 0.05) is 74.3 Å². The van der Waals surface area contributed by atoms with Gasteiger partial charge >= 0.3 is 6.03 Å². The lowest BCUT2D eigenvalue weighted by Crippen LogP contribution is -2.45. The molecule has 2 amide bonds. The normalized spacial score (nSPS) is 18.4. The molecule has 0 bridgehead atoms. The first-order valence-electron chi connectivity index (χ1n) is 13.0. The molecular weight excluding hydrogens is 471 g/mol. The third-order valence-corrected chi connectivity index (χ3v) is 7.97. The van der Waals surface area contributed by atoms with Gasteiger partial charge in [-0.1, -0.05) is 0 Å². The maximum Gasteiger partial charge on any atom is 0.320 e. The van der Waals surface area contributed by atoms with Crippen LogP contribution in [0.3, 0.4) is 0 Å². The fourth-order valence-corrected chi connectivity index (χ4v) is 6.24. The molecule has 7 rings (SSSR count). The molecule has 0 spiro atoms. The van der Waals surface area contributed by atoms with Crippen LogP contribution in [0.2, 0.25) is 0 Å². The number of carbonyl (C=O) groups is 2. The van der Waals surface area contributed by atoms with Crippen LogP contribution in [0.4, 0.5) is 9.18 Å². The Morgan fingerprint density at radius 1 is 0.973 bits per heavy atom. The molecule has 9 heteroatoms. The van der Waals surface area contributed by atoms with Crippen molar-refractivity contribution in [2.24, 2.45) is 0 Å². The molecule has 8 nitrogen and oxygen atoms in total. The van der Waals surface area contributed by atoms with Crippen LogP contribution in [0.1, 0.15) is 48.9 Å². The predicted molar refractivity (Wildman–Crippen MR) is 137 cm³/mol. The summed E-state index contributed by atoms with van der Waals surface area (Å²) in [6, 6.07) is 3.16. The number of allylic oxidation sites excluding steroid dienone is 2. The molecule has 0 N–H and O–H groups in total. The van der Waals surface area contributed by atoms with Crippen LogP contribution in [0.5, 0.6) is 0 Å². The quantitative estimate of drug-likeness (QED) is 0.407. The molecule has 0 saturated carbocycles. The highest BCUT2D eigenvalue weighted by Gasteiger charge is 2.32. The van der Waals surface area contributed by atoms with Crippen molar-refractivity contribution in [3.05, 3.63) is 65.8 Å². The Labute approximate surface area is 213 Å². The Bertz CT molecular complexity index is 1610. The van der Waals surface area contributed by atoms with Crippen molar-refractivity contribution in [3.63, 3.8) is 0 Å². The third kappa shape index (κ3) is 3.55. The van der Waals surface area contributed by atoms with Gasteiger partial charge in [-0.25, -0.2) is 14.2 Å². The number of benzene rings is 1. The molecule has 1 saturated heterocycles. The van der Waals surface area contributed by atoms with Crippen molar-refractivity contribution < 1.29 is 14.0 Å². The van der Waals surface area contributed by atoms with Gasteiger partial charge in [-0.2, -0.15) is 0 Å². The number of urea groups is 1. The second-order valence-electron chi connectivity index (χ2n) is 10.2. The molecule has 0 radical (unpaired) electrons. The smallest absolute Gasteiger partial charge is 0.320 e. The number of rotatable bonds is 2. The number of piperidine rings is 1. The second-order valence-corrected chi connectivity index (χ2v) is 10.2. The summed E-state index contributed by atoms with van der Waals surface area (Å²) in [5.41, 5.74) is 5.60. The summed E-state index contributed by atoms with van der Waals surface area (Å²) in [7, 11) is 0. The van der Waals surface area contributed by atoms with E-state index >= 15 is 4.39 Å². The van der Waals surface area contributed by atoms with Crippen LogP contribution in [0.15, 0.2) is 43.1 Å². The van der Waals surface area contributed by atoms with E-state index in [9.17, 15) is 9.59 Å².